The van der Waals surface area contributed by atoms with Crippen molar-refractivity contribution >= 4 is 11.9 Å². The highest BCUT2D eigenvalue weighted by Crippen LogP contribution is 2.14. The summed E-state index contributed by atoms with van der Waals surface area (Å²) in [6.07, 6.45) is 27.6. The van der Waals surface area contributed by atoms with Crippen LogP contribution in [0.2, 0.25) is 0 Å². The smallest absolute Gasteiger partial charge is 0.345 e. The van der Waals surface area contributed by atoms with Crippen LogP contribution in [0.3, 0.4) is 0 Å². The second kappa shape index (κ2) is 24.4. The molecule has 0 aliphatic rings. The van der Waals surface area contributed by atoms with Crippen LogP contribution >= 0.6 is 0 Å². The zero-order valence-corrected chi connectivity index (χ0v) is 20.7. The van der Waals surface area contributed by atoms with Gasteiger partial charge < -0.3 is 14.9 Å². The first-order chi connectivity index (χ1) is 15.6. The van der Waals surface area contributed by atoms with Crippen LogP contribution in [-0.2, 0) is 14.3 Å². The number of allylic oxidation sites excluding steroid dienone is 1. The van der Waals surface area contributed by atoms with Crippen LogP contribution < -0.4 is 0 Å². The monoisotopic (exact) mass is 454 g/mol. The van der Waals surface area contributed by atoms with Crippen molar-refractivity contribution in [3.05, 3.63) is 12.2 Å². The van der Waals surface area contributed by atoms with Gasteiger partial charge in [-0.05, 0) is 12.8 Å². The molecule has 188 valence electrons. The minimum absolute atomic E-state index is 0.755. The number of esters is 2. The van der Waals surface area contributed by atoms with Gasteiger partial charge in [-0.15, -0.1) is 0 Å². The Morgan fingerprint density at radius 3 is 1.44 bits per heavy atom. The van der Waals surface area contributed by atoms with Gasteiger partial charge in [0.2, 0.25) is 0 Å². The van der Waals surface area contributed by atoms with E-state index < -0.39 is 24.6 Å². The third-order valence-corrected chi connectivity index (χ3v) is 5.87. The Bertz CT molecular complexity index is 461. The number of carbonyl (C=O) groups is 2. The van der Waals surface area contributed by atoms with Crippen molar-refractivity contribution in [2.45, 2.75) is 141 Å². The van der Waals surface area contributed by atoms with Gasteiger partial charge in [0.1, 0.15) is 0 Å². The van der Waals surface area contributed by atoms with Crippen LogP contribution in [-0.4, -0.2) is 34.9 Å². The normalized spacial score (nSPS) is 12.3. The second-order valence-corrected chi connectivity index (χ2v) is 8.99. The van der Waals surface area contributed by atoms with Gasteiger partial charge in [0, 0.05) is 6.08 Å². The minimum atomic E-state index is -1.66. The molecule has 0 aliphatic carbocycles. The summed E-state index contributed by atoms with van der Waals surface area (Å²) in [6.45, 7) is 1.52. The van der Waals surface area contributed by atoms with Crippen molar-refractivity contribution in [2.24, 2.45) is 0 Å². The van der Waals surface area contributed by atoms with E-state index in [0.29, 0.717) is 0 Å². The van der Waals surface area contributed by atoms with Crippen molar-refractivity contribution in [3.63, 3.8) is 0 Å². The molecule has 0 bridgehead atoms. The summed E-state index contributed by atoms with van der Waals surface area (Å²) in [5, 5.41) is 17.6. The molecular weight excluding hydrogens is 404 g/mol. The summed E-state index contributed by atoms with van der Waals surface area (Å²) in [4.78, 5) is 22.5. The average molecular weight is 455 g/mol. The Kier molecular flexibility index (Phi) is 23.5. The van der Waals surface area contributed by atoms with Crippen LogP contribution in [0.4, 0.5) is 0 Å². The molecule has 0 radical (unpaired) electrons. The molecule has 1 unspecified atom stereocenters. The van der Waals surface area contributed by atoms with Gasteiger partial charge in [0.25, 0.3) is 0 Å². The molecule has 0 heterocycles. The van der Waals surface area contributed by atoms with Crippen LogP contribution in [0.25, 0.3) is 0 Å². The molecule has 0 aliphatic heterocycles. The lowest BCUT2D eigenvalue weighted by atomic mass is 10.0. The second-order valence-electron chi connectivity index (χ2n) is 8.99. The SMILES string of the molecule is CCCCCCCCCCCCCCCCCCCCCC=CC(=O)OC(=O)C(O)CO. The lowest BCUT2D eigenvalue weighted by Gasteiger charge is -2.04. The molecule has 1 atom stereocenters. The molecule has 2 N–H and O–H groups in total. The molecule has 5 heteroatoms. The van der Waals surface area contributed by atoms with E-state index in [1.54, 1.807) is 6.08 Å². The Hall–Kier alpha value is -1.20. The zero-order chi connectivity index (χ0) is 23.7. The van der Waals surface area contributed by atoms with Gasteiger partial charge in [0.15, 0.2) is 6.10 Å². The van der Waals surface area contributed by atoms with E-state index >= 15 is 0 Å². The van der Waals surface area contributed by atoms with Crippen molar-refractivity contribution in [1.82, 2.24) is 0 Å². The number of unbranched alkanes of at least 4 members (excludes halogenated alkanes) is 19. The molecule has 0 saturated carbocycles. The van der Waals surface area contributed by atoms with Crippen molar-refractivity contribution in [3.8, 4) is 0 Å². The summed E-state index contributed by atoms with van der Waals surface area (Å²) in [7, 11) is 0. The first kappa shape index (κ1) is 30.8. The highest BCUT2D eigenvalue weighted by Gasteiger charge is 2.17. The summed E-state index contributed by atoms with van der Waals surface area (Å²) in [6, 6.07) is 0. The Balaban J connectivity index is 3.25. The van der Waals surface area contributed by atoms with Crippen molar-refractivity contribution in [1.29, 1.82) is 0 Å². The summed E-state index contributed by atoms with van der Waals surface area (Å²) in [5.74, 6) is -1.93. The lowest BCUT2D eigenvalue weighted by molar-refractivity contribution is -0.164. The third-order valence-electron chi connectivity index (χ3n) is 5.87. The molecule has 0 aromatic carbocycles. The van der Waals surface area contributed by atoms with Gasteiger partial charge in [-0.1, -0.05) is 129 Å². The number of rotatable bonds is 23. The summed E-state index contributed by atoms with van der Waals surface area (Å²) in [5.41, 5.74) is 0. The van der Waals surface area contributed by atoms with Gasteiger partial charge in [-0.25, -0.2) is 9.59 Å². The maximum Gasteiger partial charge on any atom is 0.345 e. The molecule has 0 aromatic heterocycles. The third kappa shape index (κ3) is 22.0. The number of hydrogen-bond acceptors (Lipinski definition) is 5. The Morgan fingerprint density at radius 1 is 0.688 bits per heavy atom. The molecule has 0 spiro atoms. The van der Waals surface area contributed by atoms with Crippen molar-refractivity contribution in [2.75, 3.05) is 6.61 Å². The predicted molar refractivity (Wildman–Crippen MR) is 131 cm³/mol. The fourth-order valence-electron chi connectivity index (χ4n) is 3.80. The molecule has 0 saturated heterocycles. The van der Waals surface area contributed by atoms with Crippen LogP contribution in [0.15, 0.2) is 12.2 Å². The Morgan fingerprint density at radius 2 is 1.06 bits per heavy atom. The lowest BCUT2D eigenvalue weighted by Crippen LogP contribution is -2.28. The summed E-state index contributed by atoms with van der Waals surface area (Å²) < 4.78 is 4.37. The first-order valence-electron chi connectivity index (χ1n) is 13.3. The number of hydrogen-bond donors (Lipinski definition) is 2. The minimum Gasteiger partial charge on any atom is -0.393 e. The van der Waals surface area contributed by atoms with E-state index in [1.807, 2.05) is 0 Å². The van der Waals surface area contributed by atoms with Gasteiger partial charge in [0.05, 0.1) is 6.61 Å². The van der Waals surface area contributed by atoms with E-state index in [9.17, 15) is 9.59 Å². The summed E-state index contributed by atoms with van der Waals surface area (Å²) >= 11 is 0. The van der Waals surface area contributed by atoms with E-state index in [2.05, 4.69) is 11.7 Å². The quantitative estimate of drug-likeness (QED) is 0.0768. The standard InChI is InChI=1S/C27H50O5/c1-2-3-4-5-6-7-8-9-10-11-12-13-14-15-16-17-18-19-20-21-22-23-26(30)32-27(31)25(29)24-28/h22-23,25,28-29H,2-21,24H2,1H3. The number of carbonyl (C=O) groups excluding carboxylic acids is 2. The Labute approximate surface area is 197 Å². The van der Waals surface area contributed by atoms with Crippen LogP contribution in [0.5, 0.6) is 0 Å². The molecular formula is C27H50O5. The van der Waals surface area contributed by atoms with Crippen molar-refractivity contribution < 1.29 is 24.5 Å². The largest absolute Gasteiger partial charge is 0.393 e. The fraction of sp³-hybridized carbons (Fsp3) is 0.852. The van der Waals surface area contributed by atoms with E-state index in [0.717, 1.165) is 19.3 Å². The first-order valence-corrected chi connectivity index (χ1v) is 13.3. The fourth-order valence-corrected chi connectivity index (χ4v) is 3.80. The number of aliphatic hydroxyl groups excluding tert-OH is 2. The number of ether oxygens (including phenoxy) is 1. The van der Waals surface area contributed by atoms with Gasteiger partial charge in [-0.3, -0.25) is 0 Å². The molecule has 5 nitrogen and oxygen atoms in total. The van der Waals surface area contributed by atoms with Crippen LogP contribution in [0.1, 0.15) is 135 Å². The molecule has 0 aromatic rings. The molecule has 0 amide bonds. The number of aliphatic hydroxyl groups is 2. The average Bonchev–Trinajstić information content (AvgIpc) is 2.79. The zero-order valence-electron chi connectivity index (χ0n) is 20.7. The molecule has 0 rings (SSSR count). The van der Waals surface area contributed by atoms with Gasteiger partial charge >= 0.3 is 11.9 Å². The predicted octanol–water partition coefficient (Wildman–Crippen LogP) is 6.79. The topological polar surface area (TPSA) is 83.8 Å². The maximum atomic E-state index is 11.4. The van der Waals surface area contributed by atoms with E-state index in [1.165, 1.54) is 115 Å². The maximum absolute atomic E-state index is 11.4. The highest BCUT2D eigenvalue weighted by molar-refractivity contribution is 5.93. The van der Waals surface area contributed by atoms with E-state index in [-0.39, 0.29) is 0 Å². The van der Waals surface area contributed by atoms with Gasteiger partial charge in [-0.2, -0.15) is 0 Å². The molecule has 0 fully saturated rings. The van der Waals surface area contributed by atoms with E-state index in [4.69, 9.17) is 10.2 Å². The highest BCUT2D eigenvalue weighted by atomic mass is 16.6. The van der Waals surface area contributed by atoms with Crippen LogP contribution in [0, 0.1) is 0 Å². The molecule has 32 heavy (non-hydrogen) atoms.